The summed E-state index contributed by atoms with van der Waals surface area (Å²) in [6.45, 7) is 4.72. The third-order valence-corrected chi connectivity index (χ3v) is 6.92. The molecule has 192 valence electrons. The van der Waals surface area contributed by atoms with Crippen molar-refractivity contribution in [2.24, 2.45) is 7.05 Å². The fraction of sp³-hybridized carbons (Fsp3) is 0.385. The lowest BCUT2D eigenvalue weighted by Crippen LogP contribution is -2.10. The Labute approximate surface area is 212 Å². The molecule has 8 nitrogen and oxygen atoms in total. The highest BCUT2D eigenvalue weighted by atomic mass is 19.4. The van der Waals surface area contributed by atoms with Crippen molar-refractivity contribution in [3.63, 3.8) is 0 Å². The van der Waals surface area contributed by atoms with Gasteiger partial charge in [-0.1, -0.05) is 24.3 Å². The number of halogens is 3. The van der Waals surface area contributed by atoms with E-state index in [1.54, 1.807) is 19.2 Å². The van der Waals surface area contributed by atoms with Gasteiger partial charge in [-0.3, -0.25) is 4.68 Å². The molecule has 2 aliphatic rings. The summed E-state index contributed by atoms with van der Waals surface area (Å²) in [5.74, 6) is 2.29. The Kier molecular flexibility index (Phi) is 5.74. The molecule has 1 aliphatic heterocycles. The van der Waals surface area contributed by atoms with Crippen LogP contribution in [0.3, 0.4) is 0 Å². The van der Waals surface area contributed by atoms with Gasteiger partial charge in [0.2, 0.25) is 0 Å². The lowest BCUT2D eigenvalue weighted by atomic mass is 10.1. The Morgan fingerprint density at radius 2 is 1.86 bits per heavy atom. The van der Waals surface area contributed by atoms with E-state index in [1.807, 2.05) is 23.0 Å². The average molecular weight is 509 g/mol. The monoisotopic (exact) mass is 508 g/mol. The first-order chi connectivity index (χ1) is 17.8. The summed E-state index contributed by atoms with van der Waals surface area (Å²) < 4.78 is 42.5. The molecule has 6 rings (SSSR count). The van der Waals surface area contributed by atoms with E-state index in [0.29, 0.717) is 36.9 Å². The number of rotatable bonds is 7. The minimum Gasteiger partial charge on any atom is -0.366 e. The van der Waals surface area contributed by atoms with Crippen molar-refractivity contribution in [3.8, 4) is 22.9 Å². The van der Waals surface area contributed by atoms with E-state index < -0.39 is 11.9 Å². The van der Waals surface area contributed by atoms with Crippen LogP contribution in [-0.2, 0) is 39.4 Å². The van der Waals surface area contributed by atoms with Gasteiger partial charge in [0.05, 0.1) is 11.9 Å². The number of alkyl halides is 3. The van der Waals surface area contributed by atoms with E-state index in [1.165, 1.54) is 23.0 Å². The summed E-state index contributed by atoms with van der Waals surface area (Å²) in [6, 6.07) is 7.36. The van der Waals surface area contributed by atoms with Gasteiger partial charge >= 0.3 is 6.18 Å². The molecule has 0 atom stereocenters. The zero-order valence-electron chi connectivity index (χ0n) is 20.6. The van der Waals surface area contributed by atoms with Crippen molar-refractivity contribution in [2.45, 2.75) is 58.0 Å². The molecule has 0 unspecified atom stereocenters. The highest BCUT2D eigenvalue weighted by Gasteiger charge is 2.34. The maximum absolute atomic E-state index is 13.0. The number of anilines is 1. The van der Waals surface area contributed by atoms with Crippen LogP contribution in [0.2, 0.25) is 0 Å². The van der Waals surface area contributed by atoms with Gasteiger partial charge in [0.25, 0.3) is 0 Å². The van der Waals surface area contributed by atoms with E-state index >= 15 is 0 Å². The third kappa shape index (κ3) is 4.48. The lowest BCUT2D eigenvalue weighted by Gasteiger charge is -2.14. The first-order valence-corrected chi connectivity index (χ1v) is 12.4. The molecule has 1 fully saturated rings. The average Bonchev–Trinajstić information content (AvgIpc) is 3.26. The third-order valence-electron chi connectivity index (χ3n) is 6.92. The number of imidazole rings is 1. The molecule has 2 N–H and O–H groups in total. The van der Waals surface area contributed by atoms with Crippen molar-refractivity contribution >= 4 is 5.82 Å². The quantitative estimate of drug-likeness (QED) is 0.371. The number of aromatic nitrogens is 6. The molecule has 3 aromatic heterocycles. The first kappa shape index (κ1) is 23.7. The first-order valence-electron chi connectivity index (χ1n) is 12.4. The molecule has 1 aromatic carbocycles. The van der Waals surface area contributed by atoms with Crippen molar-refractivity contribution < 1.29 is 13.2 Å². The van der Waals surface area contributed by atoms with E-state index in [9.17, 15) is 13.2 Å². The minimum atomic E-state index is -4.47. The number of benzene rings is 1. The molecule has 0 radical (unpaired) electrons. The van der Waals surface area contributed by atoms with Gasteiger partial charge in [0.15, 0.2) is 11.5 Å². The van der Waals surface area contributed by atoms with Crippen molar-refractivity contribution in [1.82, 2.24) is 34.6 Å². The summed E-state index contributed by atoms with van der Waals surface area (Å²) >= 11 is 0. The van der Waals surface area contributed by atoms with Gasteiger partial charge in [-0.25, -0.2) is 15.0 Å². The molecule has 4 aromatic rings. The molecule has 0 saturated heterocycles. The van der Waals surface area contributed by atoms with Crippen LogP contribution in [0.15, 0.2) is 36.7 Å². The Morgan fingerprint density at radius 3 is 2.54 bits per heavy atom. The number of nitrogens with zero attached hydrogens (tertiary/aromatic N) is 6. The van der Waals surface area contributed by atoms with Gasteiger partial charge < -0.3 is 15.2 Å². The number of hydrogen-bond donors (Lipinski definition) is 2. The van der Waals surface area contributed by atoms with Gasteiger partial charge in [0, 0.05) is 56.1 Å². The van der Waals surface area contributed by atoms with Crippen LogP contribution in [-0.4, -0.2) is 29.3 Å². The largest absolute Gasteiger partial charge is 0.434 e. The Hall–Kier alpha value is -3.73. The molecule has 0 spiro atoms. The fourth-order valence-corrected chi connectivity index (χ4v) is 4.83. The van der Waals surface area contributed by atoms with Crippen LogP contribution in [0.4, 0.5) is 19.0 Å². The second-order valence-corrected chi connectivity index (χ2v) is 9.57. The standard InChI is InChI=1S/C26H27F3N8/c1-3-37-22(18(12-32-37)16-8-9-16)24-33-20-13-30-11-19(20)23(35-24)31-10-15-4-6-17(7-5-15)25-34-21(14-36(25)2)26(27,28)29/h4-7,12,14,16,30H,3,8-11,13H2,1-2H3,(H,31,33,35). The number of aryl methyl sites for hydroxylation is 2. The van der Waals surface area contributed by atoms with E-state index in [4.69, 9.17) is 9.97 Å². The normalized spacial score (nSPS) is 15.3. The second kappa shape index (κ2) is 8.98. The molecule has 1 saturated carbocycles. The highest BCUT2D eigenvalue weighted by molar-refractivity contribution is 5.62. The summed E-state index contributed by atoms with van der Waals surface area (Å²) in [4.78, 5) is 13.6. The SMILES string of the molecule is CCn1ncc(C2CC2)c1-c1nc2c(c(NCc3ccc(-c4nc(C(F)(F)F)cn4C)cc3)n1)CNC2. The fourth-order valence-electron chi connectivity index (χ4n) is 4.83. The molecule has 37 heavy (non-hydrogen) atoms. The maximum Gasteiger partial charge on any atom is 0.434 e. The molecular formula is C26H27F3N8. The minimum absolute atomic E-state index is 0.273. The summed E-state index contributed by atoms with van der Waals surface area (Å²) in [5, 5.41) is 11.4. The molecule has 0 bridgehead atoms. The van der Waals surface area contributed by atoms with Crippen LogP contribution in [0.25, 0.3) is 22.9 Å². The Balaban J connectivity index is 1.25. The van der Waals surface area contributed by atoms with Gasteiger partial charge in [0.1, 0.15) is 17.3 Å². The van der Waals surface area contributed by atoms with E-state index in [2.05, 4.69) is 27.6 Å². The van der Waals surface area contributed by atoms with Crippen molar-refractivity contribution in [1.29, 1.82) is 0 Å². The van der Waals surface area contributed by atoms with E-state index in [-0.39, 0.29) is 5.82 Å². The van der Waals surface area contributed by atoms with Gasteiger partial charge in [-0.2, -0.15) is 18.3 Å². The van der Waals surface area contributed by atoms with Crippen LogP contribution in [0.1, 0.15) is 53.8 Å². The topological polar surface area (TPSA) is 85.5 Å². The second-order valence-electron chi connectivity index (χ2n) is 9.57. The highest BCUT2D eigenvalue weighted by Crippen LogP contribution is 2.44. The van der Waals surface area contributed by atoms with Crippen LogP contribution >= 0.6 is 0 Å². The predicted molar refractivity (Wildman–Crippen MR) is 132 cm³/mol. The Morgan fingerprint density at radius 1 is 1.08 bits per heavy atom. The number of fused-ring (bicyclic) bond motifs is 1. The molecule has 1 aliphatic carbocycles. The maximum atomic E-state index is 13.0. The molecule has 4 heterocycles. The Bertz CT molecular complexity index is 1450. The predicted octanol–water partition coefficient (Wildman–Crippen LogP) is 4.87. The van der Waals surface area contributed by atoms with Crippen LogP contribution in [0, 0.1) is 0 Å². The molecule has 11 heteroatoms. The van der Waals surface area contributed by atoms with Crippen molar-refractivity contribution in [3.05, 3.63) is 64.7 Å². The summed E-state index contributed by atoms with van der Waals surface area (Å²) in [5.41, 5.74) is 4.97. The molecule has 0 amide bonds. The van der Waals surface area contributed by atoms with E-state index in [0.717, 1.165) is 41.1 Å². The summed E-state index contributed by atoms with van der Waals surface area (Å²) in [6.07, 6.45) is 0.835. The zero-order chi connectivity index (χ0) is 25.7. The van der Waals surface area contributed by atoms with Gasteiger partial charge in [-0.15, -0.1) is 0 Å². The smallest absolute Gasteiger partial charge is 0.366 e. The summed E-state index contributed by atoms with van der Waals surface area (Å²) in [7, 11) is 1.56. The molecular weight excluding hydrogens is 481 g/mol. The van der Waals surface area contributed by atoms with Gasteiger partial charge in [-0.05, 0) is 31.2 Å². The number of hydrogen-bond acceptors (Lipinski definition) is 6. The number of nitrogens with one attached hydrogen (secondary N) is 2. The zero-order valence-corrected chi connectivity index (χ0v) is 20.6. The van der Waals surface area contributed by atoms with Crippen LogP contribution < -0.4 is 10.6 Å². The van der Waals surface area contributed by atoms with Crippen molar-refractivity contribution in [2.75, 3.05) is 5.32 Å². The lowest BCUT2D eigenvalue weighted by molar-refractivity contribution is -0.140. The van der Waals surface area contributed by atoms with Crippen LogP contribution in [0.5, 0.6) is 0 Å².